The van der Waals surface area contributed by atoms with Crippen LogP contribution < -0.4 is 0 Å². The molecule has 2 rings (SSSR count). The van der Waals surface area contributed by atoms with Crippen LogP contribution in [-0.2, 0) is 14.9 Å². The van der Waals surface area contributed by atoms with Crippen LogP contribution in [0, 0.1) is 0 Å². The van der Waals surface area contributed by atoms with Crippen LogP contribution in [0.3, 0.4) is 0 Å². The first-order chi connectivity index (χ1) is 7.69. The van der Waals surface area contributed by atoms with Gasteiger partial charge in [-0.3, -0.25) is 4.79 Å². The molecule has 1 aliphatic carbocycles. The lowest BCUT2D eigenvalue weighted by Crippen LogP contribution is -2.22. The Bertz CT molecular complexity index is 422. The Labute approximate surface area is 94.4 Å². The summed E-state index contributed by atoms with van der Waals surface area (Å²) in [6, 6.07) is 9.76. The molecule has 1 unspecified atom stereocenters. The van der Waals surface area contributed by atoms with Crippen molar-refractivity contribution in [2.45, 2.75) is 12.3 Å². The van der Waals surface area contributed by atoms with E-state index in [0.717, 1.165) is 11.1 Å². The summed E-state index contributed by atoms with van der Waals surface area (Å²) in [7, 11) is 0. The van der Waals surface area contributed by atoms with E-state index in [1.54, 1.807) is 0 Å². The maximum absolute atomic E-state index is 10.8. The fourth-order valence-electron chi connectivity index (χ4n) is 1.89. The topological polar surface area (TPSA) is 46.5 Å². The minimum absolute atomic E-state index is 0.0101. The largest absolute Gasteiger partial charge is 0.464 e. The highest BCUT2D eigenvalue weighted by molar-refractivity contribution is 5.67. The molecule has 0 radical (unpaired) electrons. The zero-order valence-corrected chi connectivity index (χ0v) is 9.14. The highest BCUT2D eigenvalue weighted by Gasteiger charge is 2.45. The van der Waals surface area contributed by atoms with Gasteiger partial charge in [-0.2, -0.15) is 0 Å². The maximum atomic E-state index is 10.8. The van der Waals surface area contributed by atoms with E-state index in [-0.39, 0.29) is 24.6 Å². The first-order valence-electron chi connectivity index (χ1n) is 5.21. The van der Waals surface area contributed by atoms with E-state index >= 15 is 0 Å². The maximum Gasteiger partial charge on any atom is 0.302 e. The number of esters is 1. The van der Waals surface area contributed by atoms with Crippen LogP contribution in [0.2, 0.25) is 0 Å². The molecule has 0 amide bonds. The summed E-state index contributed by atoms with van der Waals surface area (Å²) in [5.41, 5.74) is 1.61. The molecule has 0 aliphatic heterocycles. The number of aliphatic hydroxyl groups is 1. The normalized spacial score (nSPS) is 22.5. The molecule has 0 heterocycles. The van der Waals surface area contributed by atoms with Crippen molar-refractivity contribution in [3.05, 3.63) is 47.5 Å². The Morgan fingerprint density at radius 1 is 1.38 bits per heavy atom. The van der Waals surface area contributed by atoms with Crippen molar-refractivity contribution in [1.82, 2.24) is 0 Å². The minimum atomic E-state index is -0.359. The SMILES string of the molecule is CC(=O)OCC1(c2ccccc2)C=C1CO. The van der Waals surface area contributed by atoms with Crippen LogP contribution in [0.25, 0.3) is 0 Å². The van der Waals surface area contributed by atoms with Gasteiger partial charge in [0.25, 0.3) is 0 Å². The molecule has 1 aromatic rings. The van der Waals surface area contributed by atoms with Gasteiger partial charge in [-0.1, -0.05) is 36.4 Å². The summed E-state index contributed by atoms with van der Waals surface area (Å²) in [6.45, 7) is 1.68. The lowest BCUT2D eigenvalue weighted by atomic mass is 9.91. The van der Waals surface area contributed by atoms with Crippen LogP contribution in [0.4, 0.5) is 0 Å². The number of hydrogen-bond acceptors (Lipinski definition) is 3. The zero-order valence-electron chi connectivity index (χ0n) is 9.14. The van der Waals surface area contributed by atoms with Crippen molar-refractivity contribution in [2.24, 2.45) is 0 Å². The lowest BCUT2D eigenvalue weighted by molar-refractivity contribution is -0.141. The third-order valence-corrected chi connectivity index (χ3v) is 2.87. The van der Waals surface area contributed by atoms with Gasteiger partial charge < -0.3 is 9.84 Å². The second-order valence-electron chi connectivity index (χ2n) is 3.95. The highest BCUT2D eigenvalue weighted by atomic mass is 16.5. The number of benzene rings is 1. The molecular weight excluding hydrogens is 204 g/mol. The zero-order chi connectivity index (χ0) is 11.6. The Kier molecular flexibility index (Phi) is 2.79. The van der Waals surface area contributed by atoms with E-state index in [1.807, 2.05) is 36.4 Å². The number of carbonyl (C=O) groups excluding carboxylic acids is 1. The van der Waals surface area contributed by atoms with E-state index in [4.69, 9.17) is 9.84 Å². The molecule has 3 heteroatoms. The summed E-state index contributed by atoms with van der Waals surface area (Å²) in [4.78, 5) is 10.8. The lowest BCUT2D eigenvalue weighted by Gasteiger charge is -2.18. The van der Waals surface area contributed by atoms with E-state index in [2.05, 4.69) is 0 Å². The van der Waals surface area contributed by atoms with E-state index in [0.29, 0.717) is 0 Å². The number of rotatable bonds is 4. The van der Waals surface area contributed by atoms with Gasteiger partial charge in [0.05, 0.1) is 12.0 Å². The molecule has 0 spiro atoms. The van der Waals surface area contributed by atoms with Crippen LogP contribution in [-0.4, -0.2) is 24.3 Å². The fourth-order valence-corrected chi connectivity index (χ4v) is 1.89. The van der Waals surface area contributed by atoms with Gasteiger partial charge in [0, 0.05) is 6.92 Å². The standard InChI is InChI=1S/C13H14O3/c1-10(15)16-9-13(7-12(13)8-14)11-5-3-2-4-6-11/h2-7,14H,8-9H2,1H3. The first kappa shape index (κ1) is 10.9. The third-order valence-electron chi connectivity index (χ3n) is 2.87. The molecule has 0 saturated carbocycles. The Balaban J connectivity index is 2.16. The van der Waals surface area contributed by atoms with Crippen LogP contribution in [0.5, 0.6) is 0 Å². The number of carbonyl (C=O) groups is 1. The van der Waals surface area contributed by atoms with Crippen molar-refractivity contribution in [2.75, 3.05) is 13.2 Å². The summed E-state index contributed by atoms with van der Waals surface area (Å²) in [5.74, 6) is -0.298. The average molecular weight is 218 g/mol. The highest BCUT2D eigenvalue weighted by Crippen LogP contribution is 2.46. The molecule has 1 aliphatic rings. The smallest absolute Gasteiger partial charge is 0.302 e. The van der Waals surface area contributed by atoms with Crippen molar-refractivity contribution in [1.29, 1.82) is 0 Å². The van der Waals surface area contributed by atoms with Crippen LogP contribution in [0.1, 0.15) is 12.5 Å². The van der Waals surface area contributed by atoms with Gasteiger partial charge >= 0.3 is 5.97 Å². The summed E-state index contributed by atoms with van der Waals surface area (Å²) >= 11 is 0. The van der Waals surface area contributed by atoms with Crippen LogP contribution >= 0.6 is 0 Å². The average Bonchev–Trinajstić information content (AvgIpc) is 3.03. The van der Waals surface area contributed by atoms with Gasteiger partial charge in [-0.05, 0) is 11.1 Å². The van der Waals surface area contributed by atoms with E-state index in [1.165, 1.54) is 6.92 Å². The van der Waals surface area contributed by atoms with Gasteiger partial charge in [0.1, 0.15) is 6.61 Å². The summed E-state index contributed by atoms with van der Waals surface area (Å²) < 4.78 is 5.05. The minimum Gasteiger partial charge on any atom is -0.464 e. The quantitative estimate of drug-likeness (QED) is 0.614. The second kappa shape index (κ2) is 4.10. The molecule has 0 saturated heterocycles. The van der Waals surface area contributed by atoms with Crippen molar-refractivity contribution < 1.29 is 14.6 Å². The van der Waals surface area contributed by atoms with Gasteiger partial charge in [0.2, 0.25) is 0 Å². The van der Waals surface area contributed by atoms with Crippen molar-refractivity contribution in [3.63, 3.8) is 0 Å². The molecule has 84 valence electrons. The van der Waals surface area contributed by atoms with Crippen molar-refractivity contribution in [3.8, 4) is 0 Å². The molecular formula is C13H14O3. The van der Waals surface area contributed by atoms with Crippen LogP contribution in [0.15, 0.2) is 42.0 Å². The predicted octanol–water partition coefficient (Wildman–Crippen LogP) is 1.42. The molecule has 1 atom stereocenters. The Hall–Kier alpha value is -1.61. The second-order valence-corrected chi connectivity index (χ2v) is 3.95. The fraction of sp³-hybridized carbons (Fsp3) is 0.308. The van der Waals surface area contributed by atoms with E-state index < -0.39 is 0 Å². The number of ether oxygens (including phenoxy) is 1. The first-order valence-corrected chi connectivity index (χ1v) is 5.21. The predicted molar refractivity (Wildman–Crippen MR) is 59.9 cm³/mol. The van der Waals surface area contributed by atoms with E-state index in [9.17, 15) is 4.79 Å². The van der Waals surface area contributed by atoms with Gasteiger partial charge in [-0.25, -0.2) is 0 Å². The van der Waals surface area contributed by atoms with Gasteiger partial charge in [-0.15, -0.1) is 0 Å². The number of hydrogen-bond donors (Lipinski definition) is 1. The molecule has 0 aromatic heterocycles. The molecule has 0 fully saturated rings. The monoisotopic (exact) mass is 218 g/mol. The number of aliphatic hydroxyl groups excluding tert-OH is 1. The Morgan fingerprint density at radius 3 is 2.56 bits per heavy atom. The summed E-state index contributed by atoms with van der Waals surface area (Å²) in [5, 5.41) is 9.16. The van der Waals surface area contributed by atoms with Crippen molar-refractivity contribution >= 4 is 5.97 Å². The Morgan fingerprint density at radius 2 is 2.06 bits per heavy atom. The summed E-state index contributed by atoms with van der Waals surface area (Å²) in [6.07, 6.45) is 1.95. The molecule has 3 nitrogen and oxygen atoms in total. The molecule has 0 bridgehead atoms. The van der Waals surface area contributed by atoms with Gasteiger partial charge in [0.15, 0.2) is 0 Å². The molecule has 1 N–H and O–H groups in total. The third kappa shape index (κ3) is 1.86. The molecule has 16 heavy (non-hydrogen) atoms. The molecule has 1 aromatic carbocycles.